The van der Waals surface area contributed by atoms with Crippen LogP contribution in [-0.4, -0.2) is 8.42 Å². The van der Waals surface area contributed by atoms with Gasteiger partial charge in [0.05, 0.1) is 4.90 Å². The highest BCUT2D eigenvalue weighted by Crippen LogP contribution is 2.21. The van der Waals surface area contributed by atoms with Gasteiger partial charge in [0.25, 0.3) is 0 Å². The van der Waals surface area contributed by atoms with Gasteiger partial charge in [-0.1, -0.05) is 46.3 Å². The predicted molar refractivity (Wildman–Crippen MR) is 84.1 cm³/mol. The van der Waals surface area contributed by atoms with Crippen LogP contribution in [0.5, 0.6) is 0 Å². The summed E-state index contributed by atoms with van der Waals surface area (Å²) in [5, 5.41) is 0. The summed E-state index contributed by atoms with van der Waals surface area (Å²) >= 11 is 3.37. The van der Waals surface area contributed by atoms with Crippen molar-refractivity contribution >= 4 is 26.0 Å². The maximum absolute atomic E-state index is 12.4. The van der Waals surface area contributed by atoms with Crippen molar-refractivity contribution in [3.05, 3.63) is 64.1 Å². The first-order chi connectivity index (χ1) is 9.40. The molecule has 0 aliphatic rings. The van der Waals surface area contributed by atoms with E-state index in [0.29, 0.717) is 0 Å². The van der Waals surface area contributed by atoms with Crippen molar-refractivity contribution in [3.63, 3.8) is 0 Å². The van der Waals surface area contributed by atoms with Crippen LogP contribution in [0.4, 0.5) is 0 Å². The maximum Gasteiger partial charge on any atom is 0.241 e. The minimum absolute atomic E-state index is 0.273. The minimum atomic E-state index is -3.52. The van der Waals surface area contributed by atoms with Crippen molar-refractivity contribution in [1.82, 2.24) is 4.72 Å². The van der Waals surface area contributed by atoms with E-state index in [9.17, 15) is 8.42 Å². The Kier molecular flexibility index (Phi) is 4.62. The monoisotopic (exact) mass is 353 g/mol. The van der Waals surface area contributed by atoms with Crippen molar-refractivity contribution in [2.75, 3.05) is 0 Å². The van der Waals surface area contributed by atoms with E-state index in [1.807, 2.05) is 44.2 Å². The molecule has 0 radical (unpaired) electrons. The highest BCUT2D eigenvalue weighted by molar-refractivity contribution is 9.10. The Balaban J connectivity index is 2.25. The molecule has 0 aliphatic heterocycles. The largest absolute Gasteiger partial charge is 0.241 e. The molecule has 5 heteroatoms. The molecule has 0 aliphatic carbocycles. The van der Waals surface area contributed by atoms with E-state index in [-0.39, 0.29) is 10.9 Å². The maximum atomic E-state index is 12.4. The summed E-state index contributed by atoms with van der Waals surface area (Å²) < 4.78 is 28.3. The molecule has 3 nitrogen and oxygen atoms in total. The molecule has 2 aromatic rings. The van der Waals surface area contributed by atoms with Gasteiger partial charge in [0, 0.05) is 10.5 Å². The van der Waals surface area contributed by atoms with Crippen molar-refractivity contribution in [2.24, 2.45) is 0 Å². The van der Waals surface area contributed by atoms with Gasteiger partial charge in [-0.15, -0.1) is 0 Å². The third-order valence-electron chi connectivity index (χ3n) is 3.07. The van der Waals surface area contributed by atoms with E-state index in [1.54, 1.807) is 18.2 Å². The van der Waals surface area contributed by atoms with Gasteiger partial charge in [0.1, 0.15) is 0 Å². The molecule has 0 bridgehead atoms. The SMILES string of the molecule is Cc1cc(S(=O)(=O)N[C@H](C)c2ccccc2)ccc1Br. The lowest BCUT2D eigenvalue weighted by molar-refractivity contribution is 0.567. The first kappa shape index (κ1) is 15.2. The number of rotatable bonds is 4. The Morgan fingerprint density at radius 3 is 2.35 bits per heavy atom. The van der Waals surface area contributed by atoms with Crippen LogP contribution in [0.25, 0.3) is 0 Å². The molecule has 0 unspecified atom stereocenters. The summed E-state index contributed by atoms with van der Waals surface area (Å²) in [7, 11) is -3.52. The van der Waals surface area contributed by atoms with E-state index in [1.165, 1.54) is 0 Å². The number of nitrogens with one attached hydrogen (secondary N) is 1. The molecule has 1 N–H and O–H groups in total. The molecule has 1 atom stereocenters. The zero-order valence-corrected chi connectivity index (χ0v) is 13.7. The second-order valence-electron chi connectivity index (χ2n) is 4.66. The third kappa shape index (κ3) is 3.48. The van der Waals surface area contributed by atoms with Crippen LogP contribution in [0.3, 0.4) is 0 Å². The fraction of sp³-hybridized carbons (Fsp3) is 0.200. The summed E-state index contributed by atoms with van der Waals surface area (Å²) in [6.45, 7) is 3.70. The quantitative estimate of drug-likeness (QED) is 0.908. The van der Waals surface area contributed by atoms with E-state index in [4.69, 9.17) is 0 Å². The van der Waals surface area contributed by atoms with Gasteiger partial charge in [-0.3, -0.25) is 0 Å². The lowest BCUT2D eigenvalue weighted by atomic mass is 10.1. The van der Waals surface area contributed by atoms with Crippen LogP contribution in [0.15, 0.2) is 57.9 Å². The molecule has 2 rings (SSSR count). The Morgan fingerprint density at radius 2 is 1.75 bits per heavy atom. The van der Waals surface area contributed by atoms with E-state index in [2.05, 4.69) is 20.7 Å². The first-order valence-electron chi connectivity index (χ1n) is 6.23. The molecule has 0 heterocycles. The van der Waals surface area contributed by atoms with Gasteiger partial charge in [-0.2, -0.15) is 0 Å². The molecule has 0 amide bonds. The highest BCUT2D eigenvalue weighted by atomic mass is 79.9. The number of aryl methyl sites for hydroxylation is 1. The average molecular weight is 354 g/mol. The number of sulfonamides is 1. The van der Waals surface area contributed by atoms with Gasteiger partial charge < -0.3 is 0 Å². The normalized spacial score (nSPS) is 13.2. The highest BCUT2D eigenvalue weighted by Gasteiger charge is 2.18. The molecule has 0 fully saturated rings. The number of hydrogen-bond donors (Lipinski definition) is 1. The van der Waals surface area contributed by atoms with Gasteiger partial charge in [0.2, 0.25) is 10.0 Å². The van der Waals surface area contributed by atoms with Crippen molar-refractivity contribution in [3.8, 4) is 0 Å². The minimum Gasteiger partial charge on any atom is -0.207 e. The summed E-state index contributed by atoms with van der Waals surface area (Å²) in [5.41, 5.74) is 1.82. The van der Waals surface area contributed by atoms with Gasteiger partial charge in [-0.05, 0) is 43.2 Å². The van der Waals surface area contributed by atoms with Crippen LogP contribution < -0.4 is 4.72 Å². The zero-order chi connectivity index (χ0) is 14.8. The Morgan fingerprint density at radius 1 is 1.10 bits per heavy atom. The van der Waals surface area contributed by atoms with Crippen LogP contribution >= 0.6 is 15.9 Å². The lowest BCUT2D eigenvalue weighted by Crippen LogP contribution is -2.26. The summed E-state index contributed by atoms with van der Waals surface area (Å²) in [6.07, 6.45) is 0. The van der Waals surface area contributed by atoms with Crippen LogP contribution in [0, 0.1) is 6.92 Å². The van der Waals surface area contributed by atoms with Crippen molar-refractivity contribution in [2.45, 2.75) is 24.8 Å². The molecule has 0 aromatic heterocycles. The zero-order valence-electron chi connectivity index (χ0n) is 11.3. The van der Waals surface area contributed by atoms with Crippen LogP contribution in [0.2, 0.25) is 0 Å². The molecular formula is C15H16BrNO2S. The van der Waals surface area contributed by atoms with Gasteiger partial charge >= 0.3 is 0 Å². The topological polar surface area (TPSA) is 46.2 Å². The summed E-state index contributed by atoms with van der Waals surface area (Å²) in [6, 6.07) is 14.2. The lowest BCUT2D eigenvalue weighted by Gasteiger charge is -2.15. The van der Waals surface area contributed by atoms with Gasteiger partial charge in [-0.25, -0.2) is 13.1 Å². The van der Waals surface area contributed by atoms with E-state index < -0.39 is 10.0 Å². The fourth-order valence-corrected chi connectivity index (χ4v) is 3.46. The molecule has 2 aromatic carbocycles. The van der Waals surface area contributed by atoms with Crippen molar-refractivity contribution in [1.29, 1.82) is 0 Å². The first-order valence-corrected chi connectivity index (χ1v) is 8.51. The summed E-state index contributed by atoms with van der Waals surface area (Å²) in [4.78, 5) is 0.279. The van der Waals surface area contributed by atoms with Crippen LogP contribution in [0.1, 0.15) is 24.1 Å². The predicted octanol–water partition coefficient (Wildman–Crippen LogP) is 3.80. The molecule has 0 saturated carbocycles. The van der Waals surface area contributed by atoms with Gasteiger partial charge in [0.15, 0.2) is 0 Å². The average Bonchev–Trinajstić information content (AvgIpc) is 2.42. The van der Waals surface area contributed by atoms with Crippen molar-refractivity contribution < 1.29 is 8.42 Å². The smallest absolute Gasteiger partial charge is 0.207 e. The molecule has 20 heavy (non-hydrogen) atoms. The molecule has 0 saturated heterocycles. The van der Waals surface area contributed by atoms with Crippen LogP contribution in [-0.2, 0) is 10.0 Å². The second-order valence-corrected chi connectivity index (χ2v) is 7.23. The van der Waals surface area contributed by atoms with E-state index >= 15 is 0 Å². The molecule has 106 valence electrons. The second kappa shape index (κ2) is 6.08. The molecular weight excluding hydrogens is 338 g/mol. The number of benzene rings is 2. The number of halogens is 1. The summed E-state index contributed by atoms with van der Waals surface area (Å²) in [5.74, 6) is 0. The fourth-order valence-electron chi connectivity index (χ4n) is 1.89. The Labute approximate surface area is 128 Å². The standard InChI is InChI=1S/C15H16BrNO2S/c1-11-10-14(8-9-15(11)16)20(18,19)17-12(2)13-6-4-3-5-7-13/h3-10,12,17H,1-2H3/t12-/m1/s1. The Hall–Kier alpha value is -1.17. The third-order valence-corrected chi connectivity index (χ3v) is 5.50. The Bertz CT molecular complexity index is 699. The number of hydrogen-bond acceptors (Lipinski definition) is 2. The molecule has 0 spiro atoms. The van der Waals surface area contributed by atoms with E-state index in [0.717, 1.165) is 15.6 Å².